The Morgan fingerprint density at radius 3 is 2.38 bits per heavy atom. The largest absolute Gasteiger partial charge is 0.494 e. The summed E-state index contributed by atoms with van der Waals surface area (Å²) in [6.07, 6.45) is 4.63. The number of methoxy groups -OCH3 is 1. The summed E-state index contributed by atoms with van der Waals surface area (Å²) in [7, 11) is -0.793. The van der Waals surface area contributed by atoms with Gasteiger partial charge in [0.15, 0.2) is 25.7 Å². The van der Waals surface area contributed by atoms with Gasteiger partial charge < -0.3 is 14.1 Å². The standard InChI is InChI=1S/C29H34F2N4O3Si/c1-19-16-24(37-5)26(31)27(25(19)30)34(14-15-38-39(6,7)29(2,3)4)21-8-9-23-22(17-21)28(36)35(18-33-23)20-10-12-32-13-11-20/h8-13,16-18H,14-15H2,1-7H3. The van der Waals surface area contributed by atoms with Crippen molar-refractivity contribution in [2.45, 2.75) is 45.8 Å². The molecule has 0 N–H and O–H groups in total. The van der Waals surface area contributed by atoms with Crippen LogP contribution >= 0.6 is 0 Å². The number of hydrogen-bond acceptors (Lipinski definition) is 6. The highest BCUT2D eigenvalue weighted by Crippen LogP contribution is 2.39. The number of aryl methyl sites for hydroxylation is 1. The Bertz CT molecular complexity index is 1550. The number of benzene rings is 2. The van der Waals surface area contributed by atoms with E-state index >= 15 is 8.78 Å². The van der Waals surface area contributed by atoms with Crippen LogP contribution in [0.2, 0.25) is 18.1 Å². The lowest BCUT2D eigenvalue weighted by molar-refractivity contribution is 0.296. The van der Waals surface area contributed by atoms with Gasteiger partial charge in [-0.2, -0.15) is 0 Å². The Balaban J connectivity index is 1.85. The molecule has 39 heavy (non-hydrogen) atoms. The second kappa shape index (κ2) is 10.9. The second-order valence-electron chi connectivity index (χ2n) is 11.0. The Morgan fingerprint density at radius 2 is 1.74 bits per heavy atom. The van der Waals surface area contributed by atoms with Gasteiger partial charge in [-0.25, -0.2) is 13.8 Å². The van der Waals surface area contributed by atoms with Gasteiger partial charge in [-0.15, -0.1) is 0 Å². The smallest absolute Gasteiger partial charge is 0.265 e. The molecular formula is C29H34F2N4O3Si. The molecule has 0 saturated carbocycles. The van der Waals surface area contributed by atoms with E-state index in [1.807, 2.05) is 0 Å². The van der Waals surface area contributed by atoms with Crippen molar-refractivity contribution >= 4 is 30.6 Å². The molecule has 0 radical (unpaired) electrons. The minimum atomic E-state index is -2.13. The lowest BCUT2D eigenvalue weighted by Crippen LogP contribution is -2.42. The fourth-order valence-corrected chi connectivity index (χ4v) is 5.09. The number of fused-ring (bicyclic) bond motifs is 1. The molecule has 2 heterocycles. The van der Waals surface area contributed by atoms with E-state index in [0.29, 0.717) is 22.3 Å². The summed E-state index contributed by atoms with van der Waals surface area (Å²) in [5, 5.41) is 0.274. The Labute approximate surface area is 228 Å². The quantitative estimate of drug-likeness (QED) is 0.231. The van der Waals surface area contributed by atoms with Gasteiger partial charge in [0.25, 0.3) is 5.56 Å². The van der Waals surface area contributed by atoms with Crippen molar-refractivity contribution in [1.82, 2.24) is 14.5 Å². The van der Waals surface area contributed by atoms with Gasteiger partial charge in [0, 0.05) is 24.6 Å². The number of anilines is 2. The van der Waals surface area contributed by atoms with Crippen molar-refractivity contribution in [2.75, 3.05) is 25.2 Å². The molecule has 206 valence electrons. The highest BCUT2D eigenvalue weighted by Gasteiger charge is 2.37. The van der Waals surface area contributed by atoms with Gasteiger partial charge in [-0.05, 0) is 67.0 Å². The molecular weight excluding hydrogens is 518 g/mol. The molecule has 0 bridgehead atoms. The normalized spacial score (nSPS) is 12.1. The van der Waals surface area contributed by atoms with Crippen molar-refractivity contribution in [3.8, 4) is 11.4 Å². The molecule has 0 aliphatic heterocycles. The fraction of sp³-hybridized carbons (Fsp3) is 0.345. The number of hydrogen-bond donors (Lipinski definition) is 0. The molecule has 4 rings (SSSR count). The molecule has 2 aromatic carbocycles. The maximum atomic E-state index is 15.7. The number of pyridine rings is 1. The van der Waals surface area contributed by atoms with Crippen LogP contribution in [0.1, 0.15) is 26.3 Å². The Hall–Kier alpha value is -3.63. The first-order valence-electron chi connectivity index (χ1n) is 12.7. The summed E-state index contributed by atoms with van der Waals surface area (Å²) in [6.45, 7) is 12.6. The summed E-state index contributed by atoms with van der Waals surface area (Å²) in [6, 6.07) is 9.72. The first-order chi connectivity index (χ1) is 18.4. The molecule has 0 fully saturated rings. The van der Waals surface area contributed by atoms with Gasteiger partial charge in [-0.3, -0.25) is 14.3 Å². The molecule has 7 nitrogen and oxygen atoms in total. The minimum Gasteiger partial charge on any atom is -0.494 e. The lowest BCUT2D eigenvalue weighted by atomic mass is 10.1. The molecule has 4 aromatic rings. The molecule has 0 spiro atoms. The average molecular weight is 553 g/mol. The molecule has 0 amide bonds. The fourth-order valence-electron chi connectivity index (χ4n) is 4.05. The minimum absolute atomic E-state index is 0.0342. The summed E-state index contributed by atoms with van der Waals surface area (Å²) in [5.41, 5.74) is 1.17. The maximum absolute atomic E-state index is 15.7. The van der Waals surface area contributed by atoms with Crippen molar-refractivity contribution in [1.29, 1.82) is 0 Å². The van der Waals surface area contributed by atoms with E-state index in [0.717, 1.165) is 0 Å². The van der Waals surface area contributed by atoms with Crippen LogP contribution in [0.3, 0.4) is 0 Å². The van der Waals surface area contributed by atoms with Crippen LogP contribution in [0.4, 0.5) is 20.2 Å². The Morgan fingerprint density at radius 1 is 1.05 bits per heavy atom. The number of nitrogens with zero attached hydrogens (tertiary/aromatic N) is 4. The van der Waals surface area contributed by atoms with E-state index in [-0.39, 0.29) is 40.7 Å². The summed E-state index contributed by atoms with van der Waals surface area (Å²) in [4.78, 5) is 23.4. The summed E-state index contributed by atoms with van der Waals surface area (Å²) in [5.74, 6) is -1.60. The van der Waals surface area contributed by atoms with E-state index < -0.39 is 20.0 Å². The third-order valence-electron chi connectivity index (χ3n) is 7.39. The second-order valence-corrected chi connectivity index (χ2v) is 15.8. The van der Waals surface area contributed by atoms with E-state index in [2.05, 4.69) is 43.8 Å². The molecule has 10 heteroatoms. The van der Waals surface area contributed by atoms with Crippen LogP contribution in [0.15, 0.2) is 59.9 Å². The third kappa shape index (κ3) is 5.57. The zero-order valence-electron chi connectivity index (χ0n) is 23.4. The number of ether oxygens (including phenoxy) is 1. The van der Waals surface area contributed by atoms with E-state index in [1.165, 1.54) is 29.0 Å². The van der Waals surface area contributed by atoms with Crippen LogP contribution < -0.4 is 15.2 Å². The van der Waals surface area contributed by atoms with Gasteiger partial charge in [0.1, 0.15) is 12.0 Å². The van der Waals surface area contributed by atoms with Crippen molar-refractivity contribution in [3.63, 3.8) is 0 Å². The third-order valence-corrected chi connectivity index (χ3v) is 11.9. The zero-order chi connectivity index (χ0) is 28.5. The summed E-state index contributed by atoms with van der Waals surface area (Å²) < 4.78 is 44.2. The maximum Gasteiger partial charge on any atom is 0.265 e. The van der Waals surface area contributed by atoms with Gasteiger partial charge in [0.05, 0.1) is 30.3 Å². The molecule has 0 aliphatic rings. The van der Waals surface area contributed by atoms with Crippen LogP contribution in [0.5, 0.6) is 5.75 Å². The SMILES string of the molecule is COc1cc(C)c(F)c(N(CCO[Si](C)(C)C(C)(C)C)c2ccc3ncn(-c4ccncc4)c(=O)c3c2)c1F. The van der Waals surface area contributed by atoms with Gasteiger partial charge in [-0.1, -0.05) is 20.8 Å². The number of aromatic nitrogens is 3. The molecule has 0 saturated heterocycles. The van der Waals surface area contributed by atoms with E-state index in [9.17, 15) is 4.79 Å². The van der Waals surface area contributed by atoms with Crippen molar-refractivity contribution in [2.24, 2.45) is 0 Å². The monoisotopic (exact) mass is 552 g/mol. The molecule has 0 unspecified atom stereocenters. The van der Waals surface area contributed by atoms with Crippen LogP contribution in [0, 0.1) is 18.6 Å². The first-order valence-corrected chi connectivity index (χ1v) is 15.6. The van der Waals surface area contributed by atoms with Crippen LogP contribution in [-0.2, 0) is 4.43 Å². The average Bonchev–Trinajstić information content (AvgIpc) is 2.90. The Kier molecular flexibility index (Phi) is 7.90. The van der Waals surface area contributed by atoms with Crippen molar-refractivity contribution < 1.29 is 17.9 Å². The van der Waals surface area contributed by atoms with E-state index in [4.69, 9.17) is 9.16 Å². The highest BCUT2D eigenvalue weighted by molar-refractivity contribution is 6.74. The van der Waals surface area contributed by atoms with Gasteiger partial charge >= 0.3 is 0 Å². The lowest BCUT2D eigenvalue weighted by Gasteiger charge is -2.37. The van der Waals surface area contributed by atoms with E-state index in [1.54, 1.807) is 49.6 Å². The highest BCUT2D eigenvalue weighted by atomic mass is 28.4. The predicted octanol–water partition coefficient (Wildman–Crippen LogP) is 6.54. The zero-order valence-corrected chi connectivity index (χ0v) is 24.4. The van der Waals surface area contributed by atoms with Gasteiger partial charge in [0.2, 0.25) is 0 Å². The predicted molar refractivity (Wildman–Crippen MR) is 153 cm³/mol. The van der Waals surface area contributed by atoms with Crippen LogP contribution in [0.25, 0.3) is 16.6 Å². The molecule has 0 atom stereocenters. The van der Waals surface area contributed by atoms with Crippen molar-refractivity contribution in [3.05, 3.63) is 82.7 Å². The first kappa shape index (κ1) is 28.4. The molecule has 2 aromatic heterocycles. The number of halogens is 2. The topological polar surface area (TPSA) is 69.5 Å². The number of rotatable bonds is 8. The van der Waals surface area contributed by atoms with Crippen LogP contribution in [-0.4, -0.2) is 43.1 Å². The summed E-state index contributed by atoms with van der Waals surface area (Å²) >= 11 is 0. The molecule has 0 aliphatic carbocycles.